The van der Waals surface area contributed by atoms with Gasteiger partial charge in [-0.2, -0.15) is 0 Å². The molecule has 9 heteroatoms. The first kappa shape index (κ1) is 23.3. The highest BCUT2D eigenvalue weighted by atomic mass is 32.2. The van der Waals surface area contributed by atoms with Crippen LogP contribution < -0.4 is 5.32 Å². The van der Waals surface area contributed by atoms with Crippen LogP contribution in [0.4, 0.5) is 8.78 Å². The molecule has 0 bridgehead atoms. The van der Waals surface area contributed by atoms with Gasteiger partial charge in [0.25, 0.3) is 5.91 Å². The summed E-state index contributed by atoms with van der Waals surface area (Å²) >= 11 is 0. The summed E-state index contributed by atoms with van der Waals surface area (Å²) in [6, 6.07) is 8.83. The number of nitrogens with zero attached hydrogens (tertiary/aromatic N) is 2. The zero-order valence-corrected chi connectivity index (χ0v) is 18.5. The van der Waals surface area contributed by atoms with E-state index < -0.39 is 38.5 Å². The van der Waals surface area contributed by atoms with E-state index in [-0.39, 0.29) is 12.3 Å². The molecule has 3 rings (SSSR count). The summed E-state index contributed by atoms with van der Waals surface area (Å²) in [5.74, 6) is -2.61. The molecule has 168 valence electrons. The Bertz CT molecular complexity index is 1030. The maximum Gasteiger partial charge on any atom is 0.257 e. The zero-order chi connectivity index (χ0) is 22.6. The molecule has 1 aliphatic heterocycles. The number of carbonyl (C=O) groups is 1. The van der Waals surface area contributed by atoms with Crippen molar-refractivity contribution in [2.75, 3.05) is 25.4 Å². The summed E-state index contributed by atoms with van der Waals surface area (Å²) in [7, 11) is -3.33. The molecule has 1 aromatic carbocycles. The Morgan fingerprint density at radius 2 is 1.74 bits per heavy atom. The van der Waals surface area contributed by atoms with Crippen LogP contribution in [0.1, 0.15) is 47.9 Å². The van der Waals surface area contributed by atoms with E-state index in [9.17, 15) is 22.0 Å². The van der Waals surface area contributed by atoms with E-state index in [2.05, 4.69) is 10.3 Å². The number of hydrogen-bond acceptors (Lipinski definition) is 4. The smallest absolute Gasteiger partial charge is 0.257 e. The molecule has 0 unspecified atom stereocenters. The van der Waals surface area contributed by atoms with E-state index >= 15 is 0 Å². The molecule has 0 saturated carbocycles. The van der Waals surface area contributed by atoms with E-state index in [1.54, 1.807) is 0 Å². The molecule has 1 amide bonds. The predicted molar refractivity (Wildman–Crippen MR) is 114 cm³/mol. The Morgan fingerprint density at radius 3 is 2.32 bits per heavy atom. The van der Waals surface area contributed by atoms with Crippen molar-refractivity contribution in [1.82, 2.24) is 14.6 Å². The Labute approximate surface area is 181 Å². The Morgan fingerprint density at radius 1 is 1.13 bits per heavy atom. The highest BCUT2D eigenvalue weighted by Gasteiger charge is 2.40. The zero-order valence-electron chi connectivity index (χ0n) is 17.7. The summed E-state index contributed by atoms with van der Waals surface area (Å²) in [5, 5.41) is 2.66. The summed E-state index contributed by atoms with van der Waals surface area (Å²) in [6.45, 7) is 4.35. The molecule has 1 saturated heterocycles. The predicted octanol–water partition coefficient (Wildman–Crippen LogP) is 3.17. The third-order valence-electron chi connectivity index (χ3n) is 5.74. The number of rotatable bonds is 7. The Hall–Kier alpha value is -2.39. The monoisotopic (exact) mass is 451 g/mol. The fourth-order valence-electron chi connectivity index (χ4n) is 3.99. The third-order valence-corrected chi connectivity index (χ3v) is 7.82. The molecule has 1 aromatic heterocycles. The molecule has 6 nitrogen and oxygen atoms in total. The van der Waals surface area contributed by atoms with Crippen molar-refractivity contribution in [3.05, 3.63) is 65.0 Å². The number of carbonyl (C=O) groups excluding carboxylic acids is 1. The second kappa shape index (κ2) is 9.40. The topological polar surface area (TPSA) is 79.4 Å². The number of hydrogen-bond donors (Lipinski definition) is 1. The molecule has 0 aliphatic carbocycles. The van der Waals surface area contributed by atoms with Crippen molar-refractivity contribution < 1.29 is 22.0 Å². The second-order valence-electron chi connectivity index (χ2n) is 7.94. The highest BCUT2D eigenvalue weighted by Crippen LogP contribution is 2.35. The van der Waals surface area contributed by atoms with E-state index in [1.807, 2.05) is 32.0 Å². The van der Waals surface area contributed by atoms with Crippen molar-refractivity contribution in [3.8, 4) is 0 Å². The molecule has 1 aliphatic rings. The van der Waals surface area contributed by atoms with Gasteiger partial charge in [0.15, 0.2) is 0 Å². The first-order valence-electron chi connectivity index (χ1n) is 10.3. The maximum atomic E-state index is 14.0. The van der Waals surface area contributed by atoms with Crippen LogP contribution in [-0.4, -0.2) is 49.0 Å². The molecule has 2 heterocycles. The Kier molecular flexibility index (Phi) is 7.06. The molecule has 2 aromatic rings. The van der Waals surface area contributed by atoms with Gasteiger partial charge in [0.2, 0.25) is 10.0 Å². The number of piperidine rings is 1. The number of aryl methyl sites for hydroxylation is 1. The van der Waals surface area contributed by atoms with Crippen LogP contribution >= 0.6 is 0 Å². The molecule has 0 radical (unpaired) electrons. The first-order chi connectivity index (χ1) is 14.7. The summed E-state index contributed by atoms with van der Waals surface area (Å²) in [4.78, 5) is 17.2. The van der Waals surface area contributed by atoms with Crippen LogP contribution in [0.15, 0.2) is 36.4 Å². The average molecular weight is 452 g/mol. The number of sulfonamides is 1. The van der Waals surface area contributed by atoms with E-state index in [4.69, 9.17) is 0 Å². The Balaban J connectivity index is 1.84. The number of halogens is 2. The van der Waals surface area contributed by atoms with Gasteiger partial charge in [-0.1, -0.05) is 19.1 Å². The van der Waals surface area contributed by atoms with Gasteiger partial charge in [-0.3, -0.25) is 9.78 Å². The average Bonchev–Trinajstić information content (AvgIpc) is 2.72. The standard InChI is InChI=1S/C22H27F2N3O3S/c1-3-14-31(29,30)27-12-10-22(11-13-27,19-9-4-6-16(2)26-19)15-25-21(28)20-17(23)7-5-8-18(20)24/h4-9H,3,10-15H2,1-2H3,(H,25,28). The third kappa shape index (κ3) is 5.10. The highest BCUT2D eigenvalue weighted by molar-refractivity contribution is 7.89. The van der Waals surface area contributed by atoms with Crippen LogP contribution in [0.25, 0.3) is 0 Å². The largest absolute Gasteiger partial charge is 0.351 e. The van der Waals surface area contributed by atoms with Gasteiger partial charge >= 0.3 is 0 Å². The van der Waals surface area contributed by atoms with Crippen LogP contribution in [0.3, 0.4) is 0 Å². The lowest BCUT2D eigenvalue weighted by molar-refractivity contribution is 0.0923. The minimum atomic E-state index is -3.33. The SMILES string of the molecule is CCCS(=O)(=O)N1CCC(CNC(=O)c2c(F)cccc2F)(c2cccc(C)n2)CC1. The maximum absolute atomic E-state index is 14.0. The summed E-state index contributed by atoms with van der Waals surface area (Å²) < 4.78 is 54.4. The molecule has 0 spiro atoms. The normalized spacial score (nSPS) is 16.8. The van der Waals surface area contributed by atoms with Crippen molar-refractivity contribution in [2.24, 2.45) is 0 Å². The fourth-order valence-corrected chi connectivity index (χ4v) is 5.51. The van der Waals surface area contributed by atoms with E-state index in [0.29, 0.717) is 32.4 Å². The van der Waals surface area contributed by atoms with Crippen molar-refractivity contribution in [2.45, 2.75) is 38.5 Å². The van der Waals surface area contributed by atoms with Gasteiger partial charge in [0.05, 0.1) is 5.75 Å². The van der Waals surface area contributed by atoms with Crippen molar-refractivity contribution in [3.63, 3.8) is 0 Å². The lowest BCUT2D eigenvalue weighted by atomic mass is 9.75. The molecule has 1 fully saturated rings. The number of pyridine rings is 1. The second-order valence-corrected chi connectivity index (χ2v) is 10.0. The van der Waals surface area contributed by atoms with Gasteiger partial charge < -0.3 is 5.32 Å². The van der Waals surface area contributed by atoms with Gasteiger partial charge in [-0.05, 0) is 50.5 Å². The number of nitrogens with one attached hydrogen (secondary N) is 1. The molecular weight excluding hydrogens is 424 g/mol. The van der Waals surface area contributed by atoms with E-state index in [1.165, 1.54) is 10.4 Å². The van der Waals surface area contributed by atoms with Crippen molar-refractivity contribution in [1.29, 1.82) is 0 Å². The molecule has 0 atom stereocenters. The molecule has 1 N–H and O–H groups in total. The van der Waals surface area contributed by atoms with Gasteiger partial charge in [0.1, 0.15) is 17.2 Å². The van der Waals surface area contributed by atoms with Gasteiger partial charge in [-0.25, -0.2) is 21.5 Å². The minimum absolute atomic E-state index is 0.0893. The lowest BCUT2D eigenvalue weighted by Crippen LogP contribution is -2.51. The molecule has 31 heavy (non-hydrogen) atoms. The van der Waals surface area contributed by atoms with Crippen LogP contribution in [-0.2, 0) is 15.4 Å². The summed E-state index contributed by atoms with van der Waals surface area (Å²) in [6.07, 6.45) is 1.41. The van der Waals surface area contributed by atoms with Crippen LogP contribution in [0, 0.1) is 18.6 Å². The molecular formula is C22H27F2N3O3S. The van der Waals surface area contributed by atoms with Crippen LogP contribution in [0.5, 0.6) is 0 Å². The number of benzene rings is 1. The van der Waals surface area contributed by atoms with E-state index in [0.717, 1.165) is 23.5 Å². The fraction of sp³-hybridized carbons (Fsp3) is 0.455. The summed E-state index contributed by atoms with van der Waals surface area (Å²) in [5.41, 5.74) is 0.262. The van der Waals surface area contributed by atoms with Gasteiger partial charge in [0, 0.05) is 36.4 Å². The number of amides is 1. The quantitative estimate of drug-likeness (QED) is 0.701. The van der Waals surface area contributed by atoms with Crippen LogP contribution in [0.2, 0.25) is 0 Å². The van der Waals surface area contributed by atoms with Crippen molar-refractivity contribution >= 4 is 15.9 Å². The first-order valence-corrected chi connectivity index (χ1v) is 11.9. The minimum Gasteiger partial charge on any atom is -0.351 e. The number of aromatic nitrogens is 1. The lowest BCUT2D eigenvalue weighted by Gasteiger charge is -2.41. The van der Waals surface area contributed by atoms with Gasteiger partial charge in [-0.15, -0.1) is 0 Å².